The number of nitrogens with zero attached hydrogens (tertiary/aromatic N) is 2. The summed E-state index contributed by atoms with van der Waals surface area (Å²) < 4.78 is 1.77. The molecule has 0 fully saturated rings. The first kappa shape index (κ1) is 15.4. The van der Waals surface area contributed by atoms with E-state index in [0.29, 0.717) is 22.8 Å². The van der Waals surface area contributed by atoms with Crippen molar-refractivity contribution in [1.29, 1.82) is 0 Å². The van der Waals surface area contributed by atoms with Crippen LogP contribution < -0.4 is 5.32 Å². The van der Waals surface area contributed by atoms with Crippen molar-refractivity contribution >= 4 is 28.8 Å². The first-order chi connectivity index (χ1) is 11.0. The number of fused-ring (bicyclic) bond motifs is 1. The topological polar surface area (TPSA) is 66.6 Å². The maximum atomic E-state index is 12.7. The molecule has 5 nitrogen and oxygen atoms in total. The smallest absolute Gasteiger partial charge is 0.274 e. The second-order valence-corrected chi connectivity index (χ2v) is 5.70. The van der Waals surface area contributed by atoms with Crippen LogP contribution in [0.25, 0.3) is 5.65 Å². The van der Waals surface area contributed by atoms with Gasteiger partial charge in [-0.3, -0.25) is 9.20 Å². The quantitative estimate of drug-likeness (QED) is 0.718. The molecular formula is C17H16ClN3O2. The summed E-state index contributed by atoms with van der Waals surface area (Å²) in [5, 5.41) is 13.0. The standard InChI is InChI=1S/C17H16ClN3O2/c1-3-12-15(21-8-4-5-10(2)16(21)19-12)17(23)20-13-9-11(18)6-7-14(13)22/h4-9,22H,3H2,1-2H3,(H,20,23). The van der Waals surface area contributed by atoms with Crippen molar-refractivity contribution in [2.45, 2.75) is 20.3 Å². The summed E-state index contributed by atoms with van der Waals surface area (Å²) in [6, 6.07) is 8.33. The molecule has 0 aliphatic rings. The minimum absolute atomic E-state index is 0.0363. The van der Waals surface area contributed by atoms with Gasteiger partial charge in [0.15, 0.2) is 0 Å². The Morgan fingerprint density at radius 2 is 2.17 bits per heavy atom. The van der Waals surface area contributed by atoms with E-state index >= 15 is 0 Å². The number of amides is 1. The lowest BCUT2D eigenvalue weighted by Gasteiger charge is -2.09. The number of pyridine rings is 1. The van der Waals surface area contributed by atoms with E-state index in [-0.39, 0.29) is 17.3 Å². The lowest BCUT2D eigenvalue weighted by atomic mass is 10.2. The van der Waals surface area contributed by atoms with Gasteiger partial charge in [0, 0.05) is 11.2 Å². The number of halogens is 1. The van der Waals surface area contributed by atoms with Crippen molar-refractivity contribution < 1.29 is 9.90 Å². The van der Waals surface area contributed by atoms with Crippen LogP contribution in [0.5, 0.6) is 5.75 Å². The Morgan fingerprint density at radius 1 is 1.39 bits per heavy atom. The summed E-state index contributed by atoms with van der Waals surface area (Å²) in [5.41, 5.74) is 3.19. The number of aromatic nitrogens is 2. The number of aromatic hydroxyl groups is 1. The number of hydrogen-bond donors (Lipinski definition) is 2. The van der Waals surface area contributed by atoms with Gasteiger partial charge >= 0.3 is 0 Å². The van der Waals surface area contributed by atoms with E-state index in [4.69, 9.17) is 11.6 Å². The van der Waals surface area contributed by atoms with Crippen LogP contribution in [0.1, 0.15) is 28.7 Å². The maximum Gasteiger partial charge on any atom is 0.274 e. The minimum Gasteiger partial charge on any atom is -0.506 e. The second-order valence-electron chi connectivity index (χ2n) is 5.26. The van der Waals surface area contributed by atoms with Crippen LogP contribution in [0, 0.1) is 6.92 Å². The first-order valence-corrected chi connectivity index (χ1v) is 7.65. The lowest BCUT2D eigenvalue weighted by molar-refractivity contribution is 0.102. The van der Waals surface area contributed by atoms with Gasteiger partial charge in [0.2, 0.25) is 0 Å². The number of anilines is 1. The van der Waals surface area contributed by atoms with Crippen molar-refractivity contribution in [2.24, 2.45) is 0 Å². The minimum atomic E-state index is -0.336. The van der Waals surface area contributed by atoms with E-state index in [0.717, 1.165) is 11.2 Å². The van der Waals surface area contributed by atoms with Gasteiger partial charge in [-0.15, -0.1) is 0 Å². The molecule has 2 heterocycles. The van der Waals surface area contributed by atoms with Gasteiger partial charge in [-0.2, -0.15) is 0 Å². The van der Waals surface area contributed by atoms with Gasteiger partial charge in [-0.1, -0.05) is 24.6 Å². The number of phenols is 1. The molecule has 0 saturated carbocycles. The van der Waals surface area contributed by atoms with E-state index in [1.807, 2.05) is 26.0 Å². The molecule has 0 radical (unpaired) electrons. The van der Waals surface area contributed by atoms with E-state index in [9.17, 15) is 9.90 Å². The van der Waals surface area contributed by atoms with Crippen LogP contribution in [-0.4, -0.2) is 20.4 Å². The van der Waals surface area contributed by atoms with Gasteiger partial charge in [-0.25, -0.2) is 4.98 Å². The van der Waals surface area contributed by atoms with E-state index in [2.05, 4.69) is 10.3 Å². The highest BCUT2D eigenvalue weighted by atomic mass is 35.5. The molecule has 6 heteroatoms. The molecule has 3 rings (SSSR count). The summed E-state index contributed by atoms with van der Waals surface area (Å²) in [5.74, 6) is -0.372. The number of hydrogen-bond acceptors (Lipinski definition) is 3. The zero-order valence-electron chi connectivity index (χ0n) is 12.8. The van der Waals surface area contributed by atoms with Gasteiger partial charge in [-0.05, 0) is 43.2 Å². The fourth-order valence-corrected chi connectivity index (χ4v) is 2.70. The number of carbonyl (C=O) groups is 1. The Bertz CT molecular complexity index is 902. The summed E-state index contributed by atoms with van der Waals surface area (Å²) in [4.78, 5) is 17.3. The Hall–Kier alpha value is -2.53. The number of benzene rings is 1. The predicted molar refractivity (Wildman–Crippen MR) is 90.4 cm³/mol. The van der Waals surface area contributed by atoms with Gasteiger partial charge < -0.3 is 10.4 Å². The zero-order valence-corrected chi connectivity index (χ0v) is 13.6. The number of aryl methyl sites for hydroxylation is 2. The molecule has 0 aliphatic heterocycles. The zero-order chi connectivity index (χ0) is 16.6. The Morgan fingerprint density at radius 3 is 2.91 bits per heavy atom. The number of nitrogens with one attached hydrogen (secondary N) is 1. The first-order valence-electron chi connectivity index (χ1n) is 7.27. The monoisotopic (exact) mass is 329 g/mol. The average molecular weight is 330 g/mol. The third-order valence-corrected chi connectivity index (χ3v) is 3.91. The Kier molecular flexibility index (Phi) is 3.96. The molecule has 23 heavy (non-hydrogen) atoms. The largest absolute Gasteiger partial charge is 0.506 e. The fraction of sp³-hybridized carbons (Fsp3) is 0.176. The average Bonchev–Trinajstić information content (AvgIpc) is 2.91. The Balaban J connectivity index is 2.07. The maximum absolute atomic E-state index is 12.7. The van der Waals surface area contributed by atoms with Crippen molar-refractivity contribution in [2.75, 3.05) is 5.32 Å². The Labute approximate surface area is 138 Å². The van der Waals surface area contributed by atoms with Crippen molar-refractivity contribution in [3.8, 4) is 5.75 Å². The van der Waals surface area contributed by atoms with Crippen molar-refractivity contribution in [1.82, 2.24) is 9.38 Å². The number of carbonyl (C=O) groups excluding carboxylic acids is 1. The molecular weight excluding hydrogens is 314 g/mol. The van der Waals surface area contributed by atoms with Crippen molar-refractivity contribution in [3.63, 3.8) is 0 Å². The highest BCUT2D eigenvalue weighted by Crippen LogP contribution is 2.27. The molecule has 2 aromatic heterocycles. The van der Waals surface area contributed by atoms with Crippen LogP contribution in [0.2, 0.25) is 5.02 Å². The van der Waals surface area contributed by atoms with E-state index in [1.54, 1.807) is 16.7 Å². The van der Waals surface area contributed by atoms with Gasteiger partial charge in [0.1, 0.15) is 17.1 Å². The fourth-order valence-electron chi connectivity index (χ4n) is 2.53. The second kappa shape index (κ2) is 5.93. The van der Waals surface area contributed by atoms with Crippen LogP contribution in [0.3, 0.4) is 0 Å². The molecule has 3 aromatic rings. The summed E-state index contributed by atoms with van der Waals surface area (Å²) in [6.07, 6.45) is 2.44. The molecule has 0 spiro atoms. The summed E-state index contributed by atoms with van der Waals surface area (Å²) >= 11 is 5.92. The van der Waals surface area contributed by atoms with Crippen LogP contribution in [-0.2, 0) is 6.42 Å². The molecule has 0 aliphatic carbocycles. The van der Waals surface area contributed by atoms with Gasteiger partial charge in [0.25, 0.3) is 5.91 Å². The third kappa shape index (κ3) is 2.75. The molecule has 0 atom stereocenters. The van der Waals surface area contributed by atoms with E-state index < -0.39 is 0 Å². The summed E-state index contributed by atoms with van der Waals surface area (Å²) in [7, 11) is 0. The number of phenolic OH excluding ortho intramolecular Hbond substituents is 1. The number of imidazole rings is 1. The van der Waals surface area contributed by atoms with Crippen molar-refractivity contribution in [3.05, 3.63) is 58.5 Å². The van der Waals surface area contributed by atoms with Crippen LogP contribution >= 0.6 is 11.6 Å². The normalized spacial score (nSPS) is 10.9. The highest BCUT2D eigenvalue weighted by molar-refractivity contribution is 6.31. The lowest BCUT2D eigenvalue weighted by Crippen LogP contribution is -2.16. The SMILES string of the molecule is CCc1nc2c(C)cccn2c1C(=O)Nc1cc(Cl)ccc1O. The summed E-state index contributed by atoms with van der Waals surface area (Å²) in [6.45, 7) is 3.90. The van der Waals surface area contributed by atoms with Crippen LogP contribution in [0.15, 0.2) is 36.5 Å². The third-order valence-electron chi connectivity index (χ3n) is 3.67. The molecule has 118 valence electrons. The molecule has 0 unspecified atom stereocenters. The van der Waals surface area contributed by atoms with E-state index in [1.165, 1.54) is 12.1 Å². The molecule has 1 amide bonds. The number of rotatable bonds is 3. The molecule has 1 aromatic carbocycles. The van der Waals surface area contributed by atoms with Crippen LogP contribution in [0.4, 0.5) is 5.69 Å². The predicted octanol–water partition coefficient (Wildman–Crippen LogP) is 3.82. The molecule has 2 N–H and O–H groups in total. The van der Waals surface area contributed by atoms with Gasteiger partial charge in [0.05, 0.1) is 11.4 Å². The molecule has 0 bridgehead atoms. The highest BCUT2D eigenvalue weighted by Gasteiger charge is 2.20. The molecule has 0 saturated heterocycles.